The first-order chi connectivity index (χ1) is 9.29. The zero-order chi connectivity index (χ0) is 14.9. The Kier molecular flexibility index (Phi) is 4.82. The molecule has 0 fully saturated rings. The molecular weight excluding hydrogens is 420 g/mol. The maximum Gasteiger partial charge on any atom is 0.417 e. The van der Waals surface area contributed by atoms with Crippen LogP contribution < -0.4 is 0 Å². The number of hydrogen-bond donors (Lipinski definition) is 0. The Morgan fingerprint density at radius 2 is 1.45 bits per heavy atom. The van der Waals surface area contributed by atoms with E-state index >= 15 is 0 Å². The lowest BCUT2D eigenvalue weighted by Gasteiger charge is -2.15. The van der Waals surface area contributed by atoms with Crippen LogP contribution in [0, 0.1) is 0 Å². The summed E-state index contributed by atoms with van der Waals surface area (Å²) in [5.74, 6) is 0. The SMILES string of the molecule is FC(F)(F)c1cc(C(Cl)c2ccc(Br)cc2)ccc1Br. The molecule has 0 aliphatic rings. The Morgan fingerprint density at radius 1 is 0.900 bits per heavy atom. The highest BCUT2D eigenvalue weighted by Crippen LogP contribution is 2.38. The highest BCUT2D eigenvalue weighted by Gasteiger charge is 2.33. The maximum absolute atomic E-state index is 12.9. The van der Waals surface area contributed by atoms with Gasteiger partial charge in [0, 0.05) is 8.95 Å². The molecule has 2 aromatic carbocycles. The second kappa shape index (κ2) is 6.08. The van der Waals surface area contributed by atoms with E-state index in [1.165, 1.54) is 6.07 Å². The van der Waals surface area contributed by atoms with Gasteiger partial charge in [-0.25, -0.2) is 0 Å². The fourth-order valence-corrected chi connectivity index (χ4v) is 2.76. The van der Waals surface area contributed by atoms with Crippen molar-refractivity contribution in [2.24, 2.45) is 0 Å². The molecule has 0 aliphatic carbocycles. The summed E-state index contributed by atoms with van der Waals surface area (Å²) in [6.45, 7) is 0. The molecule has 0 spiro atoms. The normalized spacial score (nSPS) is 13.3. The smallest absolute Gasteiger partial charge is 0.166 e. The van der Waals surface area contributed by atoms with E-state index in [1.54, 1.807) is 30.3 Å². The van der Waals surface area contributed by atoms with Gasteiger partial charge in [-0.1, -0.05) is 50.1 Å². The molecule has 2 rings (SSSR count). The van der Waals surface area contributed by atoms with Crippen LogP contribution >= 0.6 is 43.5 Å². The van der Waals surface area contributed by atoms with Crippen molar-refractivity contribution in [3.63, 3.8) is 0 Å². The van der Waals surface area contributed by atoms with Gasteiger partial charge in [-0.3, -0.25) is 0 Å². The van der Waals surface area contributed by atoms with E-state index in [0.717, 1.165) is 16.1 Å². The summed E-state index contributed by atoms with van der Waals surface area (Å²) in [6.07, 6.45) is -4.41. The van der Waals surface area contributed by atoms with Gasteiger partial charge in [-0.15, -0.1) is 11.6 Å². The van der Waals surface area contributed by atoms with Crippen LogP contribution in [-0.4, -0.2) is 0 Å². The lowest BCUT2D eigenvalue weighted by atomic mass is 10.0. The fraction of sp³-hybridized carbons (Fsp3) is 0.143. The van der Waals surface area contributed by atoms with Gasteiger partial charge in [0.2, 0.25) is 0 Å². The van der Waals surface area contributed by atoms with Crippen molar-refractivity contribution in [2.45, 2.75) is 11.6 Å². The molecule has 0 nitrogen and oxygen atoms in total. The van der Waals surface area contributed by atoms with Crippen LogP contribution in [0.1, 0.15) is 22.1 Å². The monoisotopic (exact) mass is 426 g/mol. The molecule has 0 saturated heterocycles. The predicted molar refractivity (Wildman–Crippen MR) is 81.0 cm³/mol. The van der Waals surface area contributed by atoms with Crippen LogP contribution in [0.3, 0.4) is 0 Å². The van der Waals surface area contributed by atoms with E-state index in [9.17, 15) is 13.2 Å². The van der Waals surface area contributed by atoms with Gasteiger partial charge in [0.15, 0.2) is 0 Å². The van der Waals surface area contributed by atoms with Gasteiger partial charge >= 0.3 is 6.18 Å². The average Bonchev–Trinajstić information content (AvgIpc) is 2.38. The molecule has 0 N–H and O–H groups in total. The topological polar surface area (TPSA) is 0 Å². The molecule has 1 atom stereocenters. The van der Waals surface area contributed by atoms with Gasteiger partial charge in [0.25, 0.3) is 0 Å². The van der Waals surface area contributed by atoms with Gasteiger partial charge in [0.05, 0.1) is 10.9 Å². The third kappa shape index (κ3) is 3.57. The fourth-order valence-electron chi connectivity index (χ4n) is 1.74. The minimum absolute atomic E-state index is 0.00780. The highest BCUT2D eigenvalue weighted by atomic mass is 79.9. The first-order valence-corrected chi connectivity index (χ1v) is 7.57. The Labute approximate surface area is 136 Å². The summed E-state index contributed by atoms with van der Waals surface area (Å²) in [5.41, 5.74) is 0.424. The van der Waals surface area contributed by atoms with Crippen molar-refractivity contribution in [2.75, 3.05) is 0 Å². The van der Waals surface area contributed by atoms with E-state index in [2.05, 4.69) is 31.9 Å². The molecule has 1 unspecified atom stereocenters. The predicted octanol–water partition coefficient (Wildman–Crippen LogP) is 6.56. The summed E-state index contributed by atoms with van der Waals surface area (Å²) in [6, 6.07) is 11.2. The second-order valence-corrected chi connectivity index (χ2v) is 6.36. The van der Waals surface area contributed by atoms with E-state index in [4.69, 9.17) is 11.6 Å². The molecule has 0 bridgehead atoms. The maximum atomic E-state index is 12.9. The van der Waals surface area contributed by atoms with Crippen molar-refractivity contribution in [1.29, 1.82) is 0 Å². The van der Waals surface area contributed by atoms with Gasteiger partial charge in [0.1, 0.15) is 0 Å². The second-order valence-electron chi connectivity index (χ2n) is 4.15. The van der Waals surface area contributed by atoms with E-state index in [1.807, 2.05) is 0 Å². The lowest BCUT2D eigenvalue weighted by molar-refractivity contribution is -0.138. The molecule has 0 aromatic heterocycles. The van der Waals surface area contributed by atoms with Crippen LogP contribution in [0.25, 0.3) is 0 Å². The summed E-state index contributed by atoms with van der Waals surface area (Å²) >= 11 is 12.5. The largest absolute Gasteiger partial charge is 0.417 e. The lowest BCUT2D eigenvalue weighted by Crippen LogP contribution is -2.07. The molecule has 0 amide bonds. The number of halogens is 6. The summed E-state index contributed by atoms with van der Waals surface area (Å²) in [5, 5.41) is -0.628. The third-order valence-corrected chi connectivity index (χ3v) is 4.48. The van der Waals surface area contributed by atoms with Crippen molar-refractivity contribution < 1.29 is 13.2 Å². The number of hydrogen-bond acceptors (Lipinski definition) is 0. The molecule has 20 heavy (non-hydrogen) atoms. The summed E-state index contributed by atoms with van der Waals surface area (Å²) in [4.78, 5) is 0. The molecule has 6 heteroatoms. The van der Waals surface area contributed by atoms with Gasteiger partial charge < -0.3 is 0 Å². The first-order valence-electron chi connectivity index (χ1n) is 5.55. The van der Waals surface area contributed by atoms with Crippen LogP contribution in [0.2, 0.25) is 0 Å². The average molecular weight is 428 g/mol. The van der Waals surface area contributed by atoms with Gasteiger partial charge in [-0.05, 0) is 35.4 Å². The molecule has 0 heterocycles. The van der Waals surface area contributed by atoms with E-state index < -0.39 is 17.1 Å². The Morgan fingerprint density at radius 3 is 2.00 bits per heavy atom. The molecular formula is C14H8Br2ClF3. The van der Waals surface area contributed by atoms with E-state index in [0.29, 0.717) is 5.56 Å². The zero-order valence-corrected chi connectivity index (χ0v) is 13.8. The Bertz CT molecular complexity index is 609. The van der Waals surface area contributed by atoms with Crippen LogP contribution in [-0.2, 0) is 6.18 Å². The quantitative estimate of drug-likeness (QED) is 0.475. The number of alkyl halides is 4. The molecule has 106 valence electrons. The molecule has 2 aromatic rings. The summed E-state index contributed by atoms with van der Waals surface area (Å²) < 4.78 is 39.5. The van der Waals surface area contributed by atoms with Gasteiger partial charge in [-0.2, -0.15) is 13.2 Å². The summed E-state index contributed by atoms with van der Waals surface area (Å²) in [7, 11) is 0. The molecule has 0 aliphatic heterocycles. The highest BCUT2D eigenvalue weighted by molar-refractivity contribution is 9.10. The Hall–Kier alpha value is -0.520. The molecule has 0 radical (unpaired) electrons. The van der Waals surface area contributed by atoms with Crippen LogP contribution in [0.4, 0.5) is 13.2 Å². The number of benzene rings is 2. The van der Waals surface area contributed by atoms with Crippen LogP contribution in [0.15, 0.2) is 51.4 Å². The molecule has 0 saturated carbocycles. The zero-order valence-electron chi connectivity index (χ0n) is 9.89. The minimum Gasteiger partial charge on any atom is -0.166 e. The van der Waals surface area contributed by atoms with Crippen LogP contribution in [0.5, 0.6) is 0 Å². The standard InChI is InChI=1S/C14H8Br2ClF3/c15-10-4-1-8(2-5-10)13(17)9-3-6-12(16)11(7-9)14(18,19)20/h1-7,13H. The van der Waals surface area contributed by atoms with Crippen molar-refractivity contribution in [3.05, 3.63) is 68.1 Å². The number of rotatable bonds is 2. The Balaban J connectivity index is 2.40. The van der Waals surface area contributed by atoms with Crippen molar-refractivity contribution in [3.8, 4) is 0 Å². The minimum atomic E-state index is -4.41. The third-order valence-electron chi connectivity index (χ3n) is 2.75. The first kappa shape index (κ1) is 15.9. The van der Waals surface area contributed by atoms with Crippen molar-refractivity contribution in [1.82, 2.24) is 0 Å². The van der Waals surface area contributed by atoms with E-state index in [-0.39, 0.29) is 4.47 Å². The van der Waals surface area contributed by atoms with Crippen molar-refractivity contribution >= 4 is 43.5 Å².